The summed E-state index contributed by atoms with van der Waals surface area (Å²) in [6, 6.07) is 2.22. The van der Waals surface area contributed by atoms with Crippen molar-refractivity contribution in [2.45, 2.75) is 75.5 Å². The number of likely N-dealkylation sites (tertiary alicyclic amines) is 1. The zero-order valence-corrected chi connectivity index (χ0v) is 15.5. The fraction of sp³-hybridized carbons (Fsp3) is 0.667. The molecule has 1 amide bonds. The van der Waals surface area contributed by atoms with E-state index in [0.29, 0.717) is 19.4 Å². The highest BCUT2D eigenvalue weighted by atomic mass is 19.2. The quantitative estimate of drug-likeness (QED) is 0.850. The van der Waals surface area contributed by atoms with Gasteiger partial charge in [-0.15, -0.1) is 0 Å². The van der Waals surface area contributed by atoms with Crippen LogP contribution in [-0.2, 0) is 11.2 Å². The van der Waals surface area contributed by atoms with Gasteiger partial charge < -0.3 is 15.7 Å². The van der Waals surface area contributed by atoms with Crippen LogP contribution in [0.2, 0.25) is 0 Å². The number of halogens is 2. The van der Waals surface area contributed by atoms with Gasteiger partial charge in [-0.25, -0.2) is 8.78 Å². The third-order valence-corrected chi connectivity index (χ3v) is 6.90. The van der Waals surface area contributed by atoms with Crippen LogP contribution < -0.4 is 5.73 Å². The molecular formula is C21H28F2N2O2. The number of nitrogens with zero attached hydrogens (tertiary/aromatic N) is 1. The molecule has 0 bridgehead atoms. The maximum atomic E-state index is 13.7. The molecule has 3 N–H and O–H groups in total. The molecule has 1 aromatic rings. The van der Waals surface area contributed by atoms with Crippen LogP contribution in [0, 0.1) is 17.6 Å². The van der Waals surface area contributed by atoms with E-state index in [1.165, 1.54) is 12.1 Å². The summed E-state index contributed by atoms with van der Waals surface area (Å²) in [5, 5.41) is 10.3. The van der Waals surface area contributed by atoms with Gasteiger partial charge in [-0.05, 0) is 55.4 Å². The number of aliphatic hydroxyl groups is 1. The Morgan fingerprint density at radius 1 is 1.19 bits per heavy atom. The van der Waals surface area contributed by atoms with E-state index >= 15 is 0 Å². The van der Waals surface area contributed by atoms with Gasteiger partial charge >= 0.3 is 0 Å². The van der Waals surface area contributed by atoms with Gasteiger partial charge in [0.05, 0.1) is 6.10 Å². The maximum absolute atomic E-state index is 13.7. The smallest absolute Gasteiger partial charge is 0.224 e. The van der Waals surface area contributed by atoms with E-state index < -0.39 is 17.7 Å². The molecule has 27 heavy (non-hydrogen) atoms. The van der Waals surface area contributed by atoms with E-state index in [2.05, 4.69) is 0 Å². The summed E-state index contributed by atoms with van der Waals surface area (Å²) in [6.07, 6.45) is 6.03. The third kappa shape index (κ3) is 3.49. The third-order valence-electron chi connectivity index (χ3n) is 6.90. The maximum Gasteiger partial charge on any atom is 0.224 e. The van der Waals surface area contributed by atoms with Gasteiger partial charge in [-0.2, -0.15) is 0 Å². The number of hydrogen-bond acceptors (Lipinski definition) is 3. The number of amides is 1. The second-order valence-corrected chi connectivity index (χ2v) is 8.44. The highest BCUT2D eigenvalue weighted by Crippen LogP contribution is 2.39. The lowest BCUT2D eigenvalue weighted by Crippen LogP contribution is -2.55. The van der Waals surface area contributed by atoms with Gasteiger partial charge in [0.2, 0.25) is 5.91 Å². The number of fused-ring (bicyclic) bond motifs is 2. The molecule has 3 aliphatic rings. The Kier molecular flexibility index (Phi) is 5.21. The number of hydrogen-bond donors (Lipinski definition) is 2. The zero-order chi connectivity index (χ0) is 19.1. The molecule has 0 aromatic heterocycles. The average molecular weight is 378 g/mol. The average Bonchev–Trinajstić information content (AvgIpc) is 3.05. The lowest BCUT2D eigenvalue weighted by atomic mass is 9.76. The molecule has 1 aromatic carbocycles. The molecule has 2 aliphatic carbocycles. The van der Waals surface area contributed by atoms with E-state index in [1.807, 2.05) is 4.90 Å². The van der Waals surface area contributed by atoms with E-state index in [0.717, 1.165) is 43.2 Å². The van der Waals surface area contributed by atoms with Crippen molar-refractivity contribution in [1.29, 1.82) is 0 Å². The number of benzene rings is 1. The van der Waals surface area contributed by atoms with E-state index in [9.17, 15) is 18.7 Å². The number of piperidine rings is 1. The van der Waals surface area contributed by atoms with E-state index in [1.54, 1.807) is 0 Å². The van der Waals surface area contributed by atoms with Crippen molar-refractivity contribution in [2.24, 2.45) is 11.7 Å². The fourth-order valence-corrected chi connectivity index (χ4v) is 5.47. The van der Waals surface area contributed by atoms with Crippen LogP contribution in [0.5, 0.6) is 0 Å². The van der Waals surface area contributed by atoms with Crippen molar-refractivity contribution in [1.82, 2.24) is 4.90 Å². The Balaban J connectivity index is 1.45. The SMILES string of the molecule is NC(CC(=O)N1CCC(O)C2CCCCC21)C1CCc2cc(F)c(F)cc21. The molecular weight excluding hydrogens is 350 g/mol. The molecule has 6 heteroatoms. The van der Waals surface area contributed by atoms with Crippen LogP contribution in [-0.4, -0.2) is 40.6 Å². The van der Waals surface area contributed by atoms with Gasteiger partial charge in [0.25, 0.3) is 0 Å². The Morgan fingerprint density at radius 3 is 2.74 bits per heavy atom. The predicted molar refractivity (Wildman–Crippen MR) is 98.1 cm³/mol. The van der Waals surface area contributed by atoms with E-state index in [-0.39, 0.29) is 36.3 Å². The largest absolute Gasteiger partial charge is 0.393 e. The summed E-state index contributed by atoms with van der Waals surface area (Å²) in [6.45, 7) is 0.578. The molecule has 1 saturated carbocycles. The van der Waals surface area contributed by atoms with Crippen molar-refractivity contribution < 1.29 is 18.7 Å². The molecule has 1 heterocycles. The second-order valence-electron chi connectivity index (χ2n) is 8.44. The summed E-state index contributed by atoms with van der Waals surface area (Å²) in [4.78, 5) is 14.9. The second kappa shape index (κ2) is 7.47. The van der Waals surface area contributed by atoms with Gasteiger partial charge in [-0.1, -0.05) is 12.8 Å². The topological polar surface area (TPSA) is 66.6 Å². The van der Waals surface area contributed by atoms with Crippen LogP contribution in [0.1, 0.15) is 62.0 Å². The molecule has 5 atom stereocenters. The summed E-state index contributed by atoms with van der Waals surface area (Å²) >= 11 is 0. The Hall–Kier alpha value is -1.53. The van der Waals surface area contributed by atoms with Gasteiger partial charge in [0, 0.05) is 36.9 Å². The first-order chi connectivity index (χ1) is 13.0. The number of aliphatic hydroxyl groups excluding tert-OH is 1. The standard InChI is InChI=1S/C21H28F2N2O2/c22-16-9-12-5-6-13(15(12)10-17(16)23)18(24)11-21(27)25-8-7-20(26)14-3-1-2-4-19(14)25/h9-10,13-14,18-20,26H,1-8,11,24H2. The summed E-state index contributed by atoms with van der Waals surface area (Å²) in [5.74, 6) is -1.58. The van der Waals surface area contributed by atoms with Crippen LogP contribution in [0.25, 0.3) is 0 Å². The molecule has 0 spiro atoms. The molecule has 1 aliphatic heterocycles. The molecule has 4 rings (SSSR count). The first-order valence-electron chi connectivity index (χ1n) is 10.2. The van der Waals surface area contributed by atoms with Crippen LogP contribution in [0.15, 0.2) is 12.1 Å². The number of aryl methyl sites for hydroxylation is 1. The van der Waals surface area contributed by atoms with Crippen molar-refractivity contribution in [2.75, 3.05) is 6.54 Å². The summed E-state index contributed by atoms with van der Waals surface area (Å²) < 4.78 is 27.1. The van der Waals surface area contributed by atoms with Crippen molar-refractivity contribution in [3.8, 4) is 0 Å². The minimum Gasteiger partial charge on any atom is -0.393 e. The number of carbonyl (C=O) groups is 1. The molecule has 5 unspecified atom stereocenters. The Bertz CT molecular complexity index is 726. The first-order valence-corrected chi connectivity index (χ1v) is 10.2. The molecule has 1 saturated heterocycles. The van der Waals surface area contributed by atoms with Gasteiger partial charge in [-0.3, -0.25) is 4.79 Å². The molecule has 2 fully saturated rings. The number of carbonyl (C=O) groups excluding carboxylic acids is 1. The number of rotatable bonds is 3. The van der Waals surface area contributed by atoms with Crippen LogP contribution in [0.4, 0.5) is 8.78 Å². The highest BCUT2D eigenvalue weighted by molar-refractivity contribution is 5.77. The van der Waals surface area contributed by atoms with Crippen molar-refractivity contribution in [3.05, 3.63) is 34.9 Å². The lowest BCUT2D eigenvalue weighted by molar-refractivity contribution is -0.142. The van der Waals surface area contributed by atoms with Gasteiger partial charge in [0.15, 0.2) is 11.6 Å². The number of nitrogens with two attached hydrogens (primary N) is 1. The minimum absolute atomic E-state index is 0.0299. The normalized spacial score (nSPS) is 31.3. The highest BCUT2D eigenvalue weighted by Gasteiger charge is 2.41. The first kappa shape index (κ1) is 18.8. The van der Waals surface area contributed by atoms with Crippen molar-refractivity contribution in [3.63, 3.8) is 0 Å². The predicted octanol–water partition coefficient (Wildman–Crippen LogP) is 2.86. The molecule has 148 valence electrons. The van der Waals surface area contributed by atoms with Crippen LogP contribution in [0.3, 0.4) is 0 Å². The van der Waals surface area contributed by atoms with E-state index in [4.69, 9.17) is 5.73 Å². The lowest BCUT2D eigenvalue weighted by Gasteiger charge is -2.46. The Morgan fingerprint density at radius 2 is 1.93 bits per heavy atom. The van der Waals surface area contributed by atoms with Crippen LogP contribution >= 0.6 is 0 Å². The summed E-state index contributed by atoms with van der Waals surface area (Å²) in [7, 11) is 0. The molecule has 4 nitrogen and oxygen atoms in total. The van der Waals surface area contributed by atoms with Crippen molar-refractivity contribution >= 4 is 5.91 Å². The summed E-state index contributed by atoms with van der Waals surface area (Å²) in [5.41, 5.74) is 7.92. The zero-order valence-electron chi connectivity index (χ0n) is 15.5. The monoisotopic (exact) mass is 378 g/mol. The fourth-order valence-electron chi connectivity index (χ4n) is 5.47. The molecule has 0 radical (unpaired) electrons. The minimum atomic E-state index is -0.853. The van der Waals surface area contributed by atoms with Gasteiger partial charge in [0.1, 0.15) is 0 Å². The Labute approximate surface area is 158 Å².